The Morgan fingerprint density at radius 3 is 2.42 bits per heavy atom. The summed E-state index contributed by atoms with van der Waals surface area (Å²) in [5.41, 5.74) is 4.45. The summed E-state index contributed by atoms with van der Waals surface area (Å²) in [5.74, 6) is -2.99. The van der Waals surface area contributed by atoms with E-state index in [1.807, 2.05) is 44.2 Å². The van der Waals surface area contributed by atoms with Crippen LogP contribution in [0.25, 0.3) is 0 Å². The highest BCUT2D eigenvalue weighted by Gasteiger charge is 2.47. The average Bonchev–Trinajstić information content (AvgIpc) is 3.60. The fourth-order valence-electron chi connectivity index (χ4n) is 7.53. The molecule has 0 radical (unpaired) electrons. The normalized spacial score (nSPS) is 20.3. The van der Waals surface area contributed by atoms with Crippen LogP contribution in [0.5, 0.6) is 0 Å². The van der Waals surface area contributed by atoms with Crippen LogP contribution in [-0.2, 0) is 4.74 Å². The van der Waals surface area contributed by atoms with Gasteiger partial charge in [0.25, 0.3) is 23.6 Å². The van der Waals surface area contributed by atoms with Crippen LogP contribution in [-0.4, -0.2) is 72.7 Å². The number of nitrogens with one attached hydrogen (secondary N) is 2. The summed E-state index contributed by atoms with van der Waals surface area (Å²) in [7, 11) is 0. The van der Waals surface area contributed by atoms with Crippen molar-refractivity contribution in [2.24, 2.45) is 10.4 Å². The first-order valence-corrected chi connectivity index (χ1v) is 18.3. The molecule has 3 aliphatic heterocycles. The molecular formula is C39H38F2N6O4S. The Kier molecular flexibility index (Phi) is 8.65. The third-order valence-corrected chi connectivity index (χ3v) is 11.5. The summed E-state index contributed by atoms with van der Waals surface area (Å²) in [6, 6.07) is 18.4. The van der Waals surface area contributed by atoms with Crippen molar-refractivity contribution in [3.63, 3.8) is 0 Å². The number of hydrogen-bond acceptors (Lipinski definition) is 8. The molecule has 3 amide bonds. The standard InChI is InChI=1S/C39H38F2N6O4S/c1-23-17-28(34(42-20-23)46-21-38(22-46)13-15-51-16-14-38)35(48)43-26-9-7-25(8-10-26)37(50)47-24(2)33(45-29-5-3-4-6-30(29)47)31-11-12-32(52-31)36(49)44-27-18-39(40,41)19-27/h3-12,17,20,24,27H,13-16,18-19,21-22H2,1-2H3,(H,43,48)(H,44,49)/t24-/m1/s1. The summed E-state index contributed by atoms with van der Waals surface area (Å²) in [6.45, 7) is 7.03. The summed E-state index contributed by atoms with van der Waals surface area (Å²) >= 11 is 1.21. The second kappa shape index (κ2) is 13.2. The second-order valence-electron chi connectivity index (χ2n) is 14.3. The van der Waals surface area contributed by atoms with Crippen LogP contribution in [0.4, 0.5) is 31.7 Å². The SMILES string of the molecule is Cc1cnc(N2CC3(CCOCC3)C2)c(C(=O)Nc2ccc(C(=O)N3c4ccccc4N=C(c4ccc(C(=O)NC5CC(F)(F)C5)s4)[C@H]3C)cc2)c1. The van der Waals surface area contributed by atoms with E-state index in [9.17, 15) is 23.2 Å². The van der Waals surface area contributed by atoms with E-state index in [1.54, 1.807) is 47.5 Å². The number of aryl methyl sites for hydroxylation is 1. The minimum atomic E-state index is -2.73. The van der Waals surface area contributed by atoms with E-state index in [0.717, 1.165) is 44.7 Å². The van der Waals surface area contributed by atoms with E-state index < -0.39 is 23.9 Å². The van der Waals surface area contributed by atoms with Crippen molar-refractivity contribution in [3.05, 3.63) is 99.4 Å². The molecule has 1 saturated carbocycles. The Hall–Kier alpha value is -5.01. The molecule has 4 aromatic rings. The van der Waals surface area contributed by atoms with Gasteiger partial charge in [0.2, 0.25) is 0 Å². The number of aliphatic imine (C=N–C) groups is 1. The van der Waals surface area contributed by atoms with Crippen molar-refractivity contribution in [2.45, 2.75) is 57.5 Å². The topological polar surface area (TPSA) is 116 Å². The number of thiophene rings is 1. The van der Waals surface area contributed by atoms with E-state index in [-0.39, 0.29) is 30.1 Å². The van der Waals surface area contributed by atoms with Crippen LogP contribution in [0.3, 0.4) is 0 Å². The monoisotopic (exact) mass is 724 g/mol. The van der Waals surface area contributed by atoms with Crippen LogP contribution < -0.4 is 20.4 Å². The molecule has 3 fully saturated rings. The molecule has 5 heterocycles. The van der Waals surface area contributed by atoms with Gasteiger partial charge in [-0.25, -0.2) is 18.8 Å². The fraction of sp³-hybridized carbons (Fsp3) is 0.359. The van der Waals surface area contributed by atoms with Crippen molar-refractivity contribution in [2.75, 3.05) is 41.4 Å². The maximum atomic E-state index is 14.2. The van der Waals surface area contributed by atoms with E-state index >= 15 is 0 Å². The molecule has 0 unspecified atom stereocenters. The number of hydrogen-bond donors (Lipinski definition) is 2. The van der Waals surface area contributed by atoms with E-state index in [2.05, 4.69) is 20.5 Å². The lowest BCUT2D eigenvalue weighted by Gasteiger charge is -2.53. The van der Waals surface area contributed by atoms with Gasteiger partial charge in [0, 0.05) is 68.0 Å². The van der Waals surface area contributed by atoms with E-state index in [1.165, 1.54) is 11.3 Å². The van der Waals surface area contributed by atoms with E-state index in [0.29, 0.717) is 49.5 Å². The molecule has 2 N–H and O–H groups in total. The first kappa shape index (κ1) is 34.1. The van der Waals surface area contributed by atoms with Gasteiger partial charge in [0.1, 0.15) is 5.82 Å². The third kappa shape index (κ3) is 6.47. The highest BCUT2D eigenvalue weighted by Crippen LogP contribution is 2.43. The first-order valence-electron chi connectivity index (χ1n) is 17.5. The van der Waals surface area contributed by atoms with Gasteiger partial charge in [-0.05, 0) is 86.8 Å². The number of nitrogens with zero attached hydrogens (tertiary/aromatic N) is 4. The average molecular weight is 725 g/mol. The minimum Gasteiger partial charge on any atom is -0.381 e. The largest absolute Gasteiger partial charge is 0.381 e. The molecule has 52 heavy (non-hydrogen) atoms. The predicted octanol–water partition coefficient (Wildman–Crippen LogP) is 7.02. The smallest absolute Gasteiger partial charge is 0.261 e. The number of rotatable bonds is 7. The Morgan fingerprint density at radius 2 is 1.69 bits per heavy atom. The quantitative estimate of drug-likeness (QED) is 0.212. The number of halogens is 2. The number of amides is 3. The lowest BCUT2D eigenvalue weighted by molar-refractivity contribution is -0.0901. The summed E-state index contributed by atoms with van der Waals surface area (Å²) in [5, 5.41) is 5.68. The fourth-order valence-corrected chi connectivity index (χ4v) is 8.51. The predicted molar refractivity (Wildman–Crippen MR) is 197 cm³/mol. The molecule has 2 saturated heterocycles. The molecule has 1 atom stereocenters. The van der Waals surface area contributed by atoms with Crippen LogP contribution >= 0.6 is 11.3 Å². The zero-order chi connectivity index (χ0) is 36.2. The summed E-state index contributed by atoms with van der Waals surface area (Å²) in [6.07, 6.45) is 3.10. The van der Waals surface area contributed by atoms with Gasteiger partial charge in [0.05, 0.1) is 38.4 Å². The Balaban J connectivity index is 0.975. The minimum absolute atomic E-state index is 0.225. The van der Waals surface area contributed by atoms with E-state index in [4.69, 9.17) is 9.73 Å². The number of benzene rings is 2. The number of anilines is 3. The van der Waals surface area contributed by atoms with Gasteiger partial charge in [0.15, 0.2) is 0 Å². The number of carbonyl (C=O) groups is 3. The zero-order valence-electron chi connectivity index (χ0n) is 28.8. The van der Waals surface area contributed by atoms with Gasteiger partial charge in [-0.1, -0.05) is 12.1 Å². The number of pyridine rings is 1. The van der Waals surface area contributed by atoms with Gasteiger partial charge >= 0.3 is 0 Å². The molecule has 10 nitrogen and oxygen atoms in total. The maximum absolute atomic E-state index is 14.2. The third-order valence-electron chi connectivity index (χ3n) is 10.4. The number of aromatic nitrogens is 1. The van der Waals surface area contributed by atoms with Gasteiger partial charge in [-0.15, -0.1) is 11.3 Å². The van der Waals surface area contributed by atoms with Crippen LogP contribution in [0.1, 0.15) is 73.4 Å². The van der Waals surface area contributed by atoms with Crippen LogP contribution in [0.2, 0.25) is 0 Å². The Labute approximate surface area is 303 Å². The summed E-state index contributed by atoms with van der Waals surface area (Å²) < 4.78 is 32.2. The van der Waals surface area contributed by atoms with Crippen molar-refractivity contribution in [3.8, 4) is 0 Å². The molecule has 0 bridgehead atoms. The maximum Gasteiger partial charge on any atom is 0.261 e. The molecule has 1 spiro atoms. The van der Waals surface area contributed by atoms with Gasteiger partial charge in [-0.2, -0.15) is 0 Å². The lowest BCUT2D eigenvalue weighted by atomic mass is 9.73. The number of para-hydroxylation sites is 2. The number of fused-ring (bicyclic) bond motifs is 1. The molecule has 8 rings (SSSR count). The number of alkyl halides is 2. The van der Waals surface area contributed by atoms with Gasteiger partial charge in [-0.3, -0.25) is 19.3 Å². The number of carbonyl (C=O) groups excluding carboxylic acids is 3. The van der Waals surface area contributed by atoms with Crippen molar-refractivity contribution >= 4 is 57.7 Å². The van der Waals surface area contributed by atoms with Crippen LogP contribution in [0, 0.1) is 12.3 Å². The molecule has 2 aromatic carbocycles. The highest BCUT2D eigenvalue weighted by atomic mass is 32.1. The van der Waals surface area contributed by atoms with Gasteiger partial charge < -0.3 is 20.3 Å². The lowest BCUT2D eigenvalue weighted by Crippen LogP contribution is -2.59. The van der Waals surface area contributed by atoms with Crippen molar-refractivity contribution < 1.29 is 27.9 Å². The molecule has 1 aliphatic carbocycles. The molecule has 4 aliphatic rings. The molecule has 2 aromatic heterocycles. The number of ether oxygens (including phenoxy) is 1. The molecule has 268 valence electrons. The zero-order valence-corrected chi connectivity index (χ0v) is 29.6. The first-order chi connectivity index (χ1) is 25.0. The second-order valence-corrected chi connectivity index (χ2v) is 15.4. The van der Waals surface area contributed by atoms with Crippen LogP contribution in [0.15, 0.2) is 77.9 Å². The highest BCUT2D eigenvalue weighted by molar-refractivity contribution is 7.16. The van der Waals surface area contributed by atoms with Crippen molar-refractivity contribution in [1.29, 1.82) is 0 Å². The van der Waals surface area contributed by atoms with Crippen molar-refractivity contribution in [1.82, 2.24) is 10.3 Å². The Bertz CT molecular complexity index is 2080. The summed E-state index contributed by atoms with van der Waals surface area (Å²) in [4.78, 5) is 55.1. The molecular weight excluding hydrogens is 687 g/mol. The molecule has 13 heteroatoms. The Morgan fingerprint density at radius 1 is 0.962 bits per heavy atom.